The van der Waals surface area contributed by atoms with Gasteiger partial charge in [0.25, 0.3) is 0 Å². The van der Waals surface area contributed by atoms with Crippen LogP contribution in [0.2, 0.25) is 0 Å². The summed E-state index contributed by atoms with van der Waals surface area (Å²) in [4.78, 5) is 18.4. The van der Waals surface area contributed by atoms with Gasteiger partial charge in [0.15, 0.2) is 11.6 Å². The van der Waals surface area contributed by atoms with Crippen LogP contribution in [0.3, 0.4) is 0 Å². The molecule has 2 aromatic rings. The van der Waals surface area contributed by atoms with Gasteiger partial charge in [0, 0.05) is 30.4 Å². The molecule has 3 rings (SSSR count). The summed E-state index contributed by atoms with van der Waals surface area (Å²) >= 11 is 0. The van der Waals surface area contributed by atoms with Crippen molar-refractivity contribution >= 4 is 5.91 Å². The number of aromatic nitrogens is 2. The number of fused-ring (bicyclic) bond motifs is 1. The maximum absolute atomic E-state index is 14.5. The molecule has 1 amide bonds. The van der Waals surface area contributed by atoms with Crippen molar-refractivity contribution in [2.24, 2.45) is 5.73 Å². The second-order valence-electron chi connectivity index (χ2n) is 7.53. The summed E-state index contributed by atoms with van der Waals surface area (Å²) in [5, 5.41) is 0. The number of amides is 1. The topological polar surface area (TPSA) is 64.2 Å². The Kier molecular flexibility index (Phi) is 4.80. The van der Waals surface area contributed by atoms with Crippen LogP contribution in [0.25, 0.3) is 11.3 Å². The molecule has 1 aromatic heterocycles. The lowest BCUT2D eigenvalue weighted by atomic mass is 9.98. The summed E-state index contributed by atoms with van der Waals surface area (Å²) in [5.74, 6) is -3.02. The van der Waals surface area contributed by atoms with E-state index in [9.17, 15) is 18.0 Å². The van der Waals surface area contributed by atoms with Crippen LogP contribution in [0.5, 0.6) is 0 Å². The Morgan fingerprint density at radius 2 is 1.93 bits per heavy atom. The summed E-state index contributed by atoms with van der Waals surface area (Å²) in [6, 6.07) is 1.46. The molecule has 5 nitrogen and oxygen atoms in total. The molecular formula is C19H23F3N4O. The molecule has 0 unspecified atom stereocenters. The monoisotopic (exact) mass is 380 g/mol. The first-order valence-corrected chi connectivity index (χ1v) is 8.86. The Morgan fingerprint density at radius 3 is 2.52 bits per heavy atom. The van der Waals surface area contributed by atoms with Crippen molar-refractivity contribution in [3.63, 3.8) is 0 Å². The zero-order chi connectivity index (χ0) is 20.1. The fourth-order valence-electron chi connectivity index (χ4n) is 3.82. The summed E-state index contributed by atoms with van der Waals surface area (Å²) in [6.45, 7) is 8.22. The third kappa shape index (κ3) is 3.01. The summed E-state index contributed by atoms with van der Waals surface area (Å²) in [6.07, 6.45) is 0. The van der Waals surface area contributed by atoms with Gasteiger partial charge in [-0.1, -0.05) is 13.8 Å². The highest BCUT2D eigenvalue weighted by Gasteiger charge is 2.41. The standard InChI is InChI=1S/C19H23F3N4O/c1-10(2)17-16(12-7-11(20)8-13(21)15(12)22)24-18-19(3,4)26(14(27)9-23)6-5-25(17)18/h7-8,10H,5-6,9,23H2,1-4H3. The van der Waals surface area contributed by atoms with Crippen molar-refractivity contribution < 1.29 is 18.0 Å². The van der Waals surface area contributed by atoms with E-state index in [1.54, 1.807) is 4.90 Å². The predicted octanol–water partition coefficient (Wildman–Crippen LogP) is 3.13. The first kappa shape index (κ1) is 19.4. The predicted molar refractivity (Wildman–Crippen MR) is 95.4 cm³/mol. The van der Waals surface area contributed by atoms with Gasteiger partial charge in [0.05, 0.1) is 17.8 Å². The molecule has 27 heavy (non-hydrogen) atoms. The van der Waals surface area contributed by atoms with Crippen LogP contribution in [0.15, 0.2) is 12.1 Å². The molecule has 1 aliphatic heterocycles. The van der Waals surface area contributed by atoms with Gasteiger partial charge in [-0.25, -0.2) is 18.2 Å². The lowest BCUT2D eigenvalue weighted by molar-refractivity contribution is -0.137. The lowest BCUT2D eigenvalue weighted by Gasteiger charge is -2.42. The second kappa shape index (κ2) is 6.67. The Bertz CT molecular complexity index is 905. The van der Waals surface area contributed by atoms with Gasteiger partial charge in [-0.15, -0.1) is 0 Å². The largest absolute Gasteiger partial charge is 0.327 e. The molecule has 1 aliphatic rings. The highest BCUT2D eigenvalue weighted by molar-refractivity contribution is 5.79. The number of hydrogen-bond donors (Lipinski definition) is 1. The average Bonchev–Trinajstić information content (AvgIpc) is 2.98. The minimum Gasteiger partial charge on any atom is -0.327 e. The third-order valence-electron chi connectivity index (χ3n) is 5.05. The van der Waals surface area contributed by atoms with E-state index in [4.69, 9.17) is 5.73 Å². The molecule has 146 valence electrons. The number of imidazole rings is 1. The number of benzene rings is 1. The molecule has 8 heteroatoms. The maximum atomic E-state index is 14.5. The lowest BCUT2D eigenvalue weighted by Crippen LogP contribution is -2.53. The minimum absolute atomic E-state index is 0.0699. The fourth-order valence-corrected chi connectivity index (χ4v) is 3.82. The molecule has 1 aromatic carbocycles. The Morgan fingerprint density at radius 1 is 1.26 bits per heavy atom. The summed E-state index contributed by atoms with van der Waals surface area (Å²) in [7, 11) is 0. The molecule has 0 saturated carbocycles. The maximum Gasteiger partial charge on any atom is 0.237 e. The second-order valence-corrected chi connectivity index (χ2v) is 7.53. The van der Waals surface area contributed by atoms with Gasteiger partial charge in [-0.2, -0.15) is 0 Å². The van der Waals surface area contributed by atoms with E-state index >= 15 is 0 Å². The van der Waals surface area contributed by atoms with E-state index in [2.05, 4.69) is 4.98 Å². The van der Waals surface area contributed by atoms with Crippen LogP contribution in [-0.2, 0) is 16.9 Å². The Hall–Kier alpha value is -2.35. The number of halogens is 3. The number of rotatable bonds is 3. The van der Waals surface area contributed by atoms with Crippen molar-refractivity contribution in [3.05, 3.63) is 41.1 Å². The minimum atomic E-state index is -1.26. The molecule has 0 atom stereocenters. The van der Waals surface area contributed by atoms with E-state index in [0.29, 0.717) is 30.7 Å². The molecule has 0 spiro atoms. The molecular weight excluding hydrogens is 357 g/mol. The van der Waals surface area contributed by atoms with E-state index in [1.165, 1.54) is 0 Å². The van der Waals surface area contributed by atoms with Crippen LogP contribution in [0.4, 0.5) is 13.2 Å². The number of carbonyl (C=O) groups excluding carboxylic acids is 1. The molecule has 0 saturated heterocycles. The van der Waals surface area contributed by atoms with Crippen molar-refractivity contribution in [1.82, 2.24) is 14.5 Å². The first-order valence-electron chi connectivity index (χ1n) is 8.86. The Labute approximate surface area is 156 Å². The zero-order valence-corrected chi connectivity index (χ0v) is 15.8. The van der Waals surface area contributed by atoms with Gasteiger partial charge in [-0.3, -0.25) is 4.79 Å². The quantitative estimate of drug-likeness (QED) is 0.832. The number of carbonyl (C=O) groups is 1. The van der Waals surface area contributed by atoms with E-state index in [1.807, 2.05) is 32.3 Å². The van der Waals surface area contributed by atoms with Crippen molar-refractivity contribution in [2.75, 3.05) is 13.1 Å². The van der Waals surface area contributed by atoms with Crippen LogP contribution >= 0.6 is 0 Å². The van der Waals surface area contributed by atoms with Crippen LogP contribution < -0.4 is 5.73 Å². The SMILES string of the molecule is CC(C)c1c(-c2cc(F)cc(F)c2F)nc2n1CCN(C(=O)CN)C2(C)C. The normalized spacial score (nSPS) is 16.0. The van der Waals surface area contributed by atoms with Crippen molar-refractivity contribution in [3.8, 4) is 11.3 Å². The Balaban J connectivity index is 2.26. The number of nitrogens with zero attached hydrogens (tertiary/aromatic N) is 3. The van der Waals surface area contributed by atoms with Crippen LogP contribution in [-0.4, -0.2) is 33.4 Å². The van der Waals surface area contributed by atoms with Gasteiger partial charge in [-0.05, 0) is 25.8 Å². The molecule has 0 aliphatic carbocycles. The smallest absolute Gasteiger partial charge is 0.237 e. The van der Waals surface area contributed by atoms with E-state index in [-0.39, 0.29) is 29.6 Å². The molecule has 0 radical (unpaired) electrons. The van der Waals surface area contributed by atoms with Crippen LogP contribution in [0.1, 0.15) is 45.1 Å². The number of nitrogens with two attached hydrogens (primary N) is 1. The van der Waals surface area contributed by atoms with Gasteiger partial charge in [0.1, 0.15) is 11.6 Å². The molecule has 0 bridgehead atoms. The van der Waals surface area contributed by atoms with Crippen LogP contribution in [0, 0.1) is 17.5 Å². The highest BCUT2D eigenvalue weighted by atomic mass is 19.2. The van der Waals surface area contributed by atoms with Crippen molar-refractivity contribution in [2.45, 2.75) is 45.7 Å². The summed E-state index contributed by atoms with van der Waals surface area (Å²) < 4.78 is 43.9. The highest BCUT2D eigenvalue weighted by Crippen LogP contribution is 2.39. The van der Waals surface area contributed by atoms with E-state index < -0.39 is 23.0 Å². The zero-order valence-electron chi connectivity index (χ0n) is 15.8. The van der Waals surface area contributed by atoms with E-state index in [0.717, 1.165) is 6.07 Å². The van der Waals surface area contributed by atoms with Gasteiger partial charge >= 0.3 is 0 Å². The van der Waals surface area contributed by atoms with Gasteiger partial charge in [0.2, 0.25) is 5.91 Å². The van der Waals surface area contributed by atoms with Crippen molar-refractivity contribution in [1.29, 1.82) is 0 Å². The molecule has 2 heterocycles. The first-order chi connectivity index (χ1) is 12.6. The number of hydrogen-bond acceptors (Lipinski definition) is 3. The molecule has 2 N–H and O–H groups in total. The fraction of sp³-hybridized carbons (Fsp3) is 0.474. The third-order valence-corrected chi connectivity index (χ3v) is 5.05. The average molecular weight is 380 g/mol. The van der Waals surface area contributed by atoms with Gasteiger partial charge < -0.3 is 15.2 Å². The summed E-state index contributed by atoms with van der Waals surface area (Å²) in [5.41, 5.74) is 5.39. The molecule has 0 fully saturated rings.